The van der Waals surface area contributed by atoms with E-state index in [1.807, 2.05) is 0 Å². The van der Waals surface area contributed by atoms with Gasteiger partial charge in [-0.25, -0.2) is 0 Å². The molecule has 4 nitrogen and oxygen atoms in total. The normalized spacial score (nSPS) is 10.4. The van der Waals surface area contributed by atoms with Crippen LogP contribution >= 0.6 is 39.1 Å². The number of carbonyl (C=O) groups excluding carboxylic acids is 1. The maximum atomic E-state index is 12.2. The lowest BCUT2D eigenvalue weighted by atomic mass is 10.2. The summed E-state index contributed by atoms with van der Waals surface area (Å²) < 4.78 is 0.736. The number of pyridine rings is 1. The van der Waals surface area contributed by atoms with Crippen LogP contribution in [0.25, 0.3) is 0 Å². The maximum absolute atomic E-state index is 12.2. The van der Waals surface area contributed by atoms with Gasteiger partial charge in [0.1, 0.15) is 0 Å². The van der Waals surface area contributed by atoms with E-state index in [1.54, 1.807) is 24.3 Å². The van der Waals surface area contributed by atoms with Gasteiger partial charge in [-0.15, -0.1) is 0 Å². The molecule has 0 unspecified atom stereocenters. The van der Waals surface area contributed by atoms with Crippen LogP contribution in [0.5, 0.6) is 0 Å². The van der Waals surface area contributed by atoms with Crippen molar-refractivity contribution in [3.05, 3.63) is 56.2 Å². The first-order valence-electron chi connectivity index (χ1n) is 5.62. The van der Waals surface area contributed by atoms with Crippen molar-refractivity contribution in [1.29, 1.82) is 0 Å². The molecular weight excluding hydrogens is 365 g/mol. The summed E-state index contributed by atoms with van der Waals surface area (Å²) in [4.78, 5) is 16.2. The molecule has 0 radical (unpaired) electrons. The van der Waals surface area contributed by atoms with Gasteiger partial charge in [-0.3, -0.25) is 9.78 Å². The maximum Gasteiger partial charge on any atom is 0.255 e. The number of benzene rings is 1. The topological polar surface area (TPSA) is 68.0 Å². The highest BCUT2D eigenvalue weighted by molar-refractivity contribution is 9.10. The van der Waals surface area contributed by atoms with Gasteiger partial charge in [0.15, 0.2) is 0 Å². The minimum Gasteiger partial charge on any atom is -0.325 e. The molecule has 0 bridgehead atoms. The summed E-state index contributed by atoms with van der Waals surface area (Å²) in [5.41, 5.74) is 6.93. The molecule has 0 aliphatic heterocycles. The number of carbonyl (C=O) groups is 1. The first kappa shape index (κ1) is 15.3. The molecule has 1 aromatic heterocycles. The van der Waals surface area contributed by atoms with Gasteiger partial charge >= 0.3 is 0 Å². The molecule has 0 saturated carbocycles. The summed E-state index contributed by atoms with van der Waals surface area (Å²) in [6, 6.07) is 6.52. The van der Waals surface area contributed by atoms with Crippen LogP contribution in [0.15, 0.2) is 34.9 Å². The quantitative estimate of drug-likeness (QED) is 0.856. The Morgan fingerprint density at radius 3 is 2.55 bits per heavy atom. The Morgan fingerprint density at radius 2 is 1.95 bits per heavy atom. The van der Waals surface area contributed by atoms with Gasteiger partial charge in [-0.2, -0.15) is 0 Å². The highest BCUT2D eigenvalue weighted by Gasteiger charge is 2.13. The zero-order valence-electron chi connectivity index (χ0n) is 10.2. The van der Waals surface area contributed by atoms with E-state index in [0.717, 1.165) is 4.47 Å². The number of nitrogens with one attached hydrogen (secondary N) is 1. The summed E-state index contributed by atoms with van der Waals surface area (Å²) in [7, 11) is 0. The van der Waals surface area contributed by atoms with Gasteiger partial charge in [-0.1, -0.05) is 39.1 Å². The second-order valence-electron chi connectivity index (χ2n) is 3.94. The van der Waals surface area contributed by atoms with Crippen LogP contribution in [0, 0.1) is 0 Å². The minimum atomic E-state index is -0.326. The van der Waals surface area contributed by atoms with E-state index in [4.69, 9.17) is 28.9 Å². The molecule has 1 aromatic carbocycles. The monoisotopic (exact) mass is 373 g/mol. The summed E-state index contributed by atoms with van der Waals surface area (Å²) in [6.07, 6.45) is 1.53. The Balaban J connectivity index is 2.28. The molecule has 20 heavy (non-hydrogen) atoms. The lowest BCUT2D eigenvalue weighted by Crippen LogP contribution is -2.14. The number of anilines is 1. The fourth-order valence-corrected chi connectivity index (χ4v) is 2.88. The molecule has 2 aromatic rings. The number of hydrogen-bond donors (Lipinski definition) is 2. The lowest BCUT2D eigenvalue weighted by Gasteiger charge is -2.10. The summed E-state index contributed by atoms with van der Waals surface area (Å²) in [5, 5.41) is 3.39. The zero-order chi connectivity index (χ0) is 14.7. The van der Waals surface area contributed by atoms with Crippen molar-refractivity contribution >= 4 is 50.7 Å². The third kappa shape index (κ3) is 3.49. The van der Waals surface area contributed by atoms with Crippen molar-refractivity contribution in [3.63, 3.8) is 0 Å². The zero-order valence-corrected chi connectivity index (χ0v) is 13.3. The fourth-order valence-electron chi connectivity index (χ4n) is 1.58. The molecule has 1 heterocycles. The van der Waals surface area contributed by atoms with Gasteiger partial charge in [0.05, 0.1) is 21.4 Å². The summed E-state index contributed by atoms with van der Waals surface area (Å²) >= 11 is 15.4. The van der Waals surface area contributed by atoms with E-state index in [2.05, 4.69) is 26.2 Å². The van der Waals surface area contributed by atoms with Gasteiger partial charge in [0, 0.05) is 22.8 Å². The van der Waals surface area contributed by atoms with Crippen LogP contribution in [-0.4, -0.2) is 10.9 Å². The molecule has 7 heteroatoms. The highest BCUT2D eigenvalue weighted by Crippen LogP contribution is 2.34. The van der Waals surface area contributed by atoms with Crippen LogP contribution < -0.4 is 11.1 Å². The predicted octanol–water partition coefficient (Wildman–Crippen LogP) is 3.86. The molecular formula is C13H10BrCl2N3O. The van der Waals surface area contributed by atoms with Crippen molar-refractivity contribution in [1.82, 2.24) is 4.98 Å². The molecule has 0 fully saturated rings. The SMILES string of the molecule is NCc1cc(C(=O)Nc2c(Cl)cc(Br)cc2Cl)ccn1. The number of nitrogens with two attached hydrogens (primary N) is 1. The second kappa shape index (κ2) is 6.54. The predicted molar refractivity (Wildman–Crippen MR) is 84.2 cm³/mol. The number of halogens is 3. The van der Waals surface area contributed by atoms with E-state index in [1.165, 1.54) is 6.20 Å². The molecule has 1 amide bonds. The molecule has 0 saturated heterocycles. The molecule has 104 valence electrons. The number of rotatable bonds is 3. The van der Waals surface area contributed by atoms with Crippen LogP contribution in [0.2, 0.25) is 10.0 Å². The smallest absolute Gasteiger partial charge is 0.255 e. The molecule has 0 spiro atoms. The number of amides is 1. The largest absolute Gasteiger partial charge is 0.325 e. The number of aromatic nitrogens is 1. The van der Waals surface area contributed by atoms with Crippen LogP contribution in [0.1, 0.15) is 16.1 Å². The molecule has 0 atom stereocenters. The number of nitrogens with zero attached hydrogens (tertiary/aromatic N) is 1. The first-order chi connectivity index (χ1) is 9.51. The van der Waals surface area contributed by atoms with Gasteiger partial charge in [-0.05, 0) is 24.3 Å². The van der Waals surface area contributed by atoms with Gasteiger partial charge in [0.2, 0.25) is 0 Å². The third-order valence-corrected chi connectivity index (χ3v) is 3.59. The standard InChI is InChI=1S/C13H10BrCl2N3O/c14-8-4-10(15)12(11(16)5-8)19-13(20)7-1-2-18-9(3-7)6-17/h1-5H,6,17H2,(H,19,20). The molecule has 0 aliphatic carbocycles. The Morgan fingerprint density at radius 1 is 1.30 bits per heavy atom. The van der Waals surface area contributed by atoms with Crippen molar-refractivity contribution in [2.45, 2.75) is 6.54 Å². The van der Waals surface area contributed by atoms with Crippen LogP contribution in [0.4, 0.5) is 5.69 Å². The summed E-state index contributed by atoms with van der Waals surface area (Å²) in [5.74, 6) is -0.326. The minimum absolute atomic E-state index is 0.265. The van der Waals surface area contributed by atoms with Gasteiger partial charge < -0.3 is 11.1 Å². The van der Waals surface area contributed by atoms with Gasteiger partial charge in [0.25, 0.3) is 5.91 Å². The van der Waals surface area contributed by atoms with Crippen molar-refractivity contribution in [2.24, 2.45) is 5.73 Å². The average Bonchev–Trinajstić information content (AvgIpc) is 2.42. The van der Waals surface area contributed by atoms with Crippen LogP contribution in [0.3, 0.4) is 0 Å². The molecule has 3 N–H and O–H groups in total. The first-order valence-corrected chi connectivity index (χ1v) is 7.17. The Labute approximate surface area is 134 Å². The third-order valence-electron chi connectivity index (χ3n) is 2.53. The lowest BCUT2D eigenvalue weighted by molar-refractivity contribution is 0.102. The second-order valence-corrected chi connectivity index (χ2v) is 5.67. The molecule has 0 aliphatic rings. The fraction of sp³-hybridized carbons (Fsp3) is 0.0769. The number of hydrogen-bond acceptors (Lipinski definition) is 3. The van der Waals surface area contributed by atoms with Crippen molar-refractivity contribution in [3.8, 4) is 0 Å². The van der Waals surface area contributed by atoms with E-state index in [9.17, 15) is 4.79 Å². The van der Waals surface area contributed by atoms with E-state index >= 15 is 0 Å². The van der Waals surface area contributed by atoms with Crippen LogP contribution in [-0.2, 0) is 6.54 Å². The van der Waals surface area contributed by atoms with Crippen molar-refractivity contribution in [2.75, 3.05) is 5.32 Å². The molecule has 2 rings (SSSR count). The average molecular weight is 375 g/mol. The van der Waals surface area contributed by atoms with E-state index in [0.29, 0.717) is 27.0 Å². The van der Waals surface area contributed by atoms with Crippen molar-refractivity contribution < 1.29 is 4.79 Å². The highest BCUT2D eigenvalue weighted by atomic mass is 79.9. The Kier molecular flexibility index (Phi) is 4.99. The Bertz CT molecular complexity index is 641. The van der Waals surface area contributed by atoms with E-state index < -0.39 is 0 Å². The van der Waals surface area contributed by atoms with E-state index in [-0.39, 0.29) is 12.5 Å². The summed E-state index contributed by atoms with van der Waals surface area (Å²) in [6.45, 7) is 0.265. The Hall–Kier alpha value is -1.14.